The highest BCUT2D eigenvalue weighted by Crippen LogP contribution is 2.25. The molecule has 27 heavy (non-hydrogen) atoms. The number of anilines is 1. The first-order chi connectivity index (χ1) is 13.0. The molecule has 1 aromatic heterocycles. The number of aromatic nitrogens is 2. The highest BCUT2D eigenvalue weighted by Gasteiger charge is 2.19. The lowest BCUT2D eigenvalue weighted by Crippen LogP contribution is -2.33. The number of nitrogens with zero attached hydrogens (tertiary/aromatic N) is 3. The number of carboxylic acid groups (broad SMARTS) is 1. The quantitative estimate of drug-likeness (QED) is 0.813. The largest absolute Gasteiger partial charge is 0.476 e. The van der Waals surface area contributed by atoms with E-state index in [0.29, 0.717) is 6.04 Å². The molecule has 0 unspecified atom stereocenters. The smallest absolute Gasteiger partial charge is 0.356 e. The molecule has 2 aromatic rings. The van der Waals surface area contributed by atoms with Crippen LogP contribution < -0.4 is 5.32 Å². The number of hydrogen-bond acceptors (Lipinski definition) is 5. The fraction of sp³-hybridized carbons (Fsp3) is 0.400. The molecule has 3 rings (SSSR count). The topological polar surface area (TPSA) is 95.4 Å². The highest BCUT2D eigenvalue weighted by molar-refractivity contribution is 6.03. The minimum Gasteiger partial charge on any atom is -0.476 e. The number of carboxylic acids is 1. The number of amides is 1. The summed E-state index contributed by atoms with van der Waals surface area (Å²) in [6.45, 7) is 0.755. The number of benzene rings is 1. The molecule has 7 nitrogen and oxygen atoms in total. The van der Waals surface area contributed by atoms with Crippen molar-refractivity contribution < 1.29 is 14.7 Å². The summed E-state index contributed by atoms with van der Waals surface area (Å²) in [5, 5.41) is 11.7. The molecule has 7 heteroatoms. The summed E-state index contributed by atoms with van der Waals surface area (Å²) in [5.41, 5.74) is 1.65. The molecule has 0 atom stereocenters. The summed E-state index contributed by atoms with van der Waals surface area (Å²) >= 11 is 0. The van der Waals surface area contributed by atoms with Gasteiger partial charge in [0.1, 0.15) is 5.69 Å². The van der Waals surface area contributed by atoms with Crippen LogP contribution in [0.15, 0.2) is 36.7 Å². The van der Waals surface area contributed by atoms with Gasteiger partial charge < -0.3 is 10.4 Å². The van der Waals surface area contributed by atoms with E-state index in [1.807, 2.05) is 24.3 Å². The number of rotatable bonds is 6. The lowest BCUT2D eigenvalue weighted by atomic mass is 9.94. The summed E-state index contributed by atoms with van der Waals surface area (Å²) in [4.78, 5) is 33.3. The average molecular weight is 368 g/mol. The number of nitrogens with one attached hydrogen (secondary N) is 1. The van der Waals surface area contributed by atoms with Crippen molar-refractivity contribution >= 4 is 17.6 Å². The van der Waals surface area contributed by atoms with E-state index in [1.54, 1.807) is 0 Å². The normalized spacial score (nSPS) is 14.9. The van der Waals surface area contributed by atoms with E-state index in [-0.39, 0.29) is 11.4 Å². The second kappa shape index (κ2) is 8.73. The number of carbonyl (C=O) groups is 2. The van der Waals surface area contributed by atoms with Crippen molar-refractivity contribution in [1.29, 1.82) is 0 Å². The van der Waals surface area contributed by atoms with E-state index in [0.717, 1.165) is 24.0 Å². The molecule has 1 fully saturated rings. The van der Waals surface area contributed by atoms with Gasteiger partial charge in [0, 0.05) is 18.3 Å². The van der Waals surface area contributed by atoms with Gasteiger partial charge in [-0.1, -0.05) is 37.5 Å². The van der Waals surface area contributed by atoms with Crippen LogP contribution in [0.3, 0.4) is 0 Å². The molecular formula is C20H24N4O3. The predicted octanol–water partition coefficient (Wildman–Crippen LogP) is 3.19. The molecule has 0 radical (unpaired) electrons. The van der Waals surface area contributed by atoms with Crippen molar-refractivity contribution in [1.82, 2.24) is 14.9 Å². The molecule has 1 heterocycles. The van der Waals surface area contributed by atoms with Crippen LogP contribution >= 0.6 is 0 Å². The van der Waals surface area contributed by atoms with Gasteiger partial charge in [-0.2, -0.15) is 0 Å². The number of hydrogen-bond donors (Lipinski definition) is 2. The third-order valence-corrected chi connectivity index (χ3v) is 4.99. The third kappa shape index (κ3) is 4.89. The zero-order valence-corrected chi connectivity index (χ0v) is 15.4. The molecule has 1 aromatic carbocycles. The van der Waals surface area contributed by atoms with Gasteiger partial charge in [0.25, 0.3) is 5.91 Å². The van der Waals surface area contributed by atoms with Crippen LogP contribution in [-0.4, -0.2) is 44.9 Å². The highest BCUT2D eigenvalue weighted by atomic mass is 16.4. The summed E-state index contributed by atoms with van der Waals surface area (Å²) in [6, 6.07) is 8.28. The summed E-state index contributed by atoms with van der Waals surface area (Å²) < 4.78 is 0. The Morgan fingerprint density at radius 2 is 1.78 bits per heavy atom. The van der Waals surface area contributed by atoms with Crippen molar-refractivity contribution in [2.45, 2.75) is 44.7 Å². The van der Waals surface area contributed by atoms with E-state index >= 15 is 0 Å². The van der Waals surface area contributed by atoms with Gasteiger partial charge in [-0.3, -0.25) is 9.69 Å². The standard InChI is InChI=1S/C20H24N4O3/c1-24(15-8-3-2-4-9-15)13-14-7-5-6-10-16(14)23-19(25)17-11-22-18(12-21-17)20(26)27/h5-7,10-12,15H,2-4,8-9,13H2,1H3,(H,23,25)(H,26,27). The molecule has 0 saturated heterocycles. The van der Waals surface area contributed by atoms with Crippen LogP contribution in [0.2, 0.25) is 0 Å². The van der Waals surface area contributed by atoms with Gasteiger partial charge in [0.15, 0.2) is 5.69 Å². The lowest BCUT2D eigenvalue weighted by Gasteiger charge is -2.31. The molecule has 0 bridgehead atoms. The van der Waals surface area contributed by atoms with Crippen LogP contribution in [0.1, 0.15) is 58.6 Å². The molecule has 1 aliphatic carbocycles. The minimum atomic E-state index is -1.18. The van der Waals surface area contributed by atoms with Crippen LogP contribution in [0, 0.1) is 0 Å². The molecule has 1 saturated carbocycles. The van der Waals surface area contributed by atoms with Crippen molar-refractivity contribution in [3.8, 4) is 0 Å². The van der Waals surface area contributed by atoms with Crippen molar-refractivity contribution in [3.63, 3.8) is 0 Å². The summed E-state index contributed by atoms with van der Waals surface area (Å²) in [6.07, 6.45) is 8.57. The molecule has 142 valence electrons. The van der Waals surface area contributed by atoms with Crippen molar-refractivity contribution in [2.24, 2.45) is 0 Å². The van der Waals surface area contributed by atoms with E-state index in [1.165, 1.54) is 38.3 Å². The zero-order valence-electron chi connectivity index (χ0n) is 15.4. The van der Waals surface area contributed by atoms with Gasteiger partial charge in [0.05, 0.1) is 12.4 Å². The average Bonchev–Trinajstić information content (AvgIpc) is 2.70. The van der Waals surface area contributed by atoms with E-state index in [9.17, 15) is 9.59 Å². The lowest BCUT2D eigenvalue weighted by molar-refractivity contribution is 0.0689. The van der Waals surface area contributed by atoms with Gasteiger partial charge in [-0.25, -0.2) is 14.8 Å². The Morgan fingerprint density at radius 1 is 1.11 bits per heavy atom. The fourth-order valence-corrected chi connectivity index (χ4v) is 3.44. The Balaban J connectivity index is 1.69. The minimum absolute atomic E-state index is 0.0791. The van der Waals surface area contributed by atoms with Gasteiger partial charge in [0.2, 0.25) is 0 Å². The maximum absolute atomic E-state index is 12.5. The molecule has 1 amide bonds. The Kier molecular flexibility index (Phi) is 6.13. The van der Waals surface area contributed by atoms with Crippen LogP contribution in [0.5, 0.6) is 0 Å². The Bertz CT molecular complexity index is 801. The van der Waals surface area contributed by atoms with Crippen LogP contribution in [-0.2, 0) is 6.54 Å². The van der Waals surface area contributed by atoms with Crippen molar-refractivity contribution in [2.75, 3.05) is 12.4 Å². The monoisotopic (exact) mass is 368 g/mol. The number of carbonyl (C=O) groups excluding carboxylic acids is 1. The van der Waals surface area contributed by atoms with Crippen LogP contribution in [0.25, 0.3) is 0 Å². The first-order valence-electron chi connectivity index (χ1n) is 9.19. The number of para-hydroxylation sites is 1. The first kappa shape index (κ1) is 19.0. The molecular weight excluding hydrogens is 344 g/mol. The Hall–Kier alpha value is -2.80. The number of aromatic carboxylic acids is 1. The molecule has 0 spiro atoms. The molecule has 2 N–H and O–H groups in total. The third-order valence-electron chi connectivity index (χ3n) is 4.99. The first-order valence-corrected chi connectivity index (χ1v) is 9.19. The summed E-state index contributed by atoms with van der Waals surface area (Å²) in [7, 11) is 2.13. The Labute approximate surface area is 158 Å². The zero-order chi connectivity index (χ0) is 19.2. The van der Waals surface area contributed by atoms with E-state index < -0.39 is 11.9 Å². The van der Waals surface area contributed by atoms with Gasteiger partial charge >= 0.3 is 5.97 Å². The van der Waals surface area contributed by atoms with Gasteiger partial charge in [-0.05, 0) is 31.5 Å². The Morgan fingerprint density at radius 3 is 2.44 bits per heavy atom. The predicted molar refractivity (Wildman–Crippen MR) is 102 cm³/mol. The van der Waals surface area contributed by atoms with Crippen molar-refractivity contribution in [3.05, 3.63) is 53.6 Å². The molecule has 1 aliphatic rings. The maximum Gasteiger partial charge on any atom is 0.356 e. The van der Waals surface area contributed by atoms with Gasteiger partial charge in [-0.15, -0.1) is 0 Å². The van der Waals surface area contributed by atoms with E-state index in [2.05, 4.69) is 27.2 Å². The molecule has 0 aliphatic heterocycles. The van der Waals surface area contributed by atoms with E-state index in [4.69, 9.17) is 5.11 Å². The second-order valence-electron chi connectivity index (χ2n) is 6.91. The fourth-order valence-electron chi connectivity index (χ4n) is 3.44. The SMILES string of the molecule is CN(Cc1ccccc1NC(=O)c1cnc(C(=O)O)cn1)C1CCCCC1. The second-order valence-corrected chi connectivity index (χ2v) is 6.91. The maximum atomic E-state index is 12.5. The van der Waals surface area contributed by atoms with Crippen LogP contribution in [0.4, 0.5) is 5.69 Å². The summed E-state index contributed by atoms with van der Waals surface area (Å²) in [5.74, 6) is -1.59.